The number of carbonyl (C=O) groups is 1. The molecule has 25 heavy (non-hydrogen) atoms. The summed E-state index contributed by atoms with van der Waals surface area (Å²) >= 11 is 0. The van der Waals surface area contributed by atoms with Gasteiger partial charge in [0.25, 0.3) is 0 Å². The minimum absolute atomic E-state index is 0.118. The molecule has 6 nitrogen and oxygen atoms in total. The number of hydrogen-bond acceptors (Lipinski definition) is 4. The Morgan fingerprint density at radius 1 is 1.12 bits per heavy atom. The highest BCUT2D eigenvalue weighted by Gasteiger charge is 2.06. The minimum atomic E-state index is -3.56. The zero-order valence-electron chi connectivity index (χ0n) is 14.1. The molecule has 134 valence electrons. The van der Waals surface area contributed by atoms with E-state index in [9.17, 15) is 13.2 Å². The van der Waals surface area contributed by atoms with Gasteiger partial charge in [-0.25, -0.2) is 13.6 Å². The minimum Gasteiger partial charge on any atom is -0.493 e. The van der Waals surface area contributed by atoms with Gasteiger partial charge in [-0.2, -0.15) is 0 Å². The van der Waals surface area contributed by atoms with Crippen molar-refractivity contribution in [3.8, 4) is 5.75 Å². The number of hydrogen-bond donors (Lipinski definition) is 2. The summed E-state index contributed by atoms with van der Waals surface area (Å²) in [5.74, 6) is 0.484. The summed E-state index contributed by atoms with van der Waals surface area (Å²) in [4.78, 5) is 11.9. The molecule has 0 unspecified atom stereocenters. The molecule has 3 N–H and O–H groups in total. The maximum atomic E-state index is 11.9. The van der Waals surface area contributed by atoms with Gasteiger partial charge in [-0.15, -0.1) is 0 Å². The first-order chi connectivity index (χ1) is 11.8. The third-order valence-electron chi connectivity index (χ3n) is 3.50. The van der Waals surface area contributed by atoms with Crippen LogP contribution in [-0.2, 0) is 20.6 Å². The van der Waals surface area contributed by atoms with Crippen LogP contribution < -0.4 is 15.2 Å². The summed E-state index contributed by atoms with van der Waals surface area (Å²) < 4.78 is 27.7. The van der Waals surface area contributed by atoms with Crippen molar-refractivity contribution in [2.24, 2.45) is 5.14 Å². The molecule has 2 aromatic carbocycles. The number of primary sulfonamides is 1. The molecule has 0 aliphatic carbocycles. The van der Waals surface area contributed by atoms with Gasteiger partial charge in [0.05, 0.1) is 12.4 Å². The fourth-order valence-electron chi connectivity index (χ4n) is 2.27. The quantitative estimate of drug-likeness (QED) is 0.705. The molecule has 2 aromatic rings. The third-order valence-corrected chi connectivity index (χ3v) is 4.24. The smallest absolute Gasteiger partial charge is 0.224 e. The molecule has 0 atom stereocenters. The lowest BCUT2D eigenvalue weighted by Crippen LogP contribution is -2.15. The Balaban J connectivity index is 1.74. The SMILES string of the molecule is Cc1ccccc1OCCCC(=O)Nc1ccc(CS(N)(=O)=O)cc1. The van der Waals surface area contributed by atoms with Gasteiger partial charge in [0.15, 0.2) is 0 Å². The highest BCUT2D eigenvalue weighted by atomic mass is 32.2. The largest absolute Gasteiger partial charge is 0.493 e. The van der Waals surface area contributed by atoms with Crippen LogP contribution in [0.15, 0.2) is 48.5 Å². The monoisotopic (exact) mass is 362 g/mol. The number of anilines is 1. The molecule has 0 saturated heterocycles. The first kappa shape index (κ1) is 19.0. The van der Waals surface area contributed by atoms with Crippen molar-refractivity contribution in [3.05, 3.63) is 59.7 Å². The van der Waals surface area contributed by atoms with E-state index in [0.29, 0.717) is 30.7 Å². The average molecular weight is 362 g/mol. The molecule has 0 spiro atoms. The van der Waals surface area contributed by atoms with E-state index in [1.165, 1.54) is 0 Å². The number of rotatable bonds is 8. The first-order valence-corrected chi connectivity index (χ1v) is 9.63. The molecule has 7 heteroatoms. The number of benzene rings is 2. The maximum Gasteiger partial charge on any atom is 0.224 e. The van der Waals surface area contributed by atoms with E-state index in [0.717, 1.165) is 11.3 Å². The second kappa shape index (κ2) is 8.64. The van der Waals surface area contributed by atoms with Gasteiger partial charge in [0.2, 0.25) is 15.9 Å². The number of ether oxygens (including phenoxy) is 1. The lowest BCUT2D eigenvalue weighted by molar-refractivity contribution is -0.116. The van der Waals surface area contributed by atoms with Crippen molar-refractivity contribution in [2.75, 3.05) is 11.9 Å². The van der Waals surface area contributed by atoms with E-state index < -0.39 is 10.0 Å². The Hall–Kier alpha value is -2.38. The predicted molar refractivity (Wildman–Crippen MR) is 97.8 cm³/mol. The number of aryl methyl sites for hydroxylation is 1. The Morgan fingerprint density at radius 2 is 1.80 bits per heavy atom. The molecule has 0 fully saturated rings. The molecule has 0 heterocycles. The van der Waals surface area contributed by atoms with Crippen LogP contribution in [0.25, 0.3) is 0 Å². The molecule has 0 radical (unpaired) electrons. The average Bonchev–Trinajstić information content (AvgIpc) is 2.54. The van der Waals surface area contributed by atoms with Crippen molar-refractivity contribution in [1.82, 2.24) is 0 Å². The molecule has 2 rings (SSSR count). The highest BCUT2D eigenvalue weighted by molar-refractivity contribution is 7.88. The van der Waals surface area contributed by atoms with Gasteiger partial charge in [-0.3, -0.25) is 4.79 Å². The van der Waals surface area contributed by atoms with Crippen LogP contribution in [0.1, 0.15) is 24.0 Å². The van der Waals surface area contributed by atoms with Gasteiger partial charge >= 0.3 is 0 Å². The fourth-order valence-corrected chi connectivity index (χ4v) is 2.93. The Morgan fingerprint density at radius 3 is 2.44 bits per heavy atom. The zero-order chi connectivity index (χ0) is 18.3. The second-order valence-corrected chi connectivity index (χ2v) is 7.38. The number of amides is 1. The predicted octanol–water partition coefficient (Wildman–Crippen LogP) is 2.58. The van der Waals surface area contributed by atoms with Crippen molar-refractivity contribution in [3.63, 3.8) is 0 Å². The standard InChI is InChI=1S/C18H22N2O4S/c1-14-5-2-3-6-17(14)24-12-4-7-18(21)20-16-10-8-15(9-11-16)13-25(19,22)23/h2-3,5-6,8-11H,4,7,12-13H2,1H3,(H,20,21)(H2,19,22,23). The van der Waals surface area contributed by atoms with E-state index in [1.807, 2.05) is 31.2 Å². The number of para-hydroxylation sites is 1. The summed E-state index contributed by atoms with van der Waals surface area (Å²) in [7, 11) is -3.56. The topological polar surface area (TPSA) is 98.5 Å². The van der Waals surface area contributed by atoms with Gasteiger partial charge < -0.3 is 10.1 Å². The number of sulfonamides is 1. The van der Waals surface area contributed by atoms with Crippen LogP contribution in [0.4, 0.5) is 5.69 Å². The zero-order valence-corrected chi connectivity index (χ0v) is 14.9. The van der Waals surface area contributed by atoms with Crippen LogP contribution in [0.3, 0.4) is 0 Å². The number of nitrogens with two attached hydrogens (primary N) is 1. The first-order valence-electron chi connectivity index (χ1n) is 7.91. The fraction of sp³-hybridized carbons (Fsp3) is 0.278. The van der Waals surface area contributed by atoms with Crippen LogP contribution in [0.5, 0.6) is 5.75 Å². The van der Waals surface area contributed by atoms with Crippen LogP contribution >= 0.6 is 0 Å². The van der Waals surface area contributed by atoms with E-state index >= 15 is 0 Å². The van der Waals surface area contributed by atoms with Gasteiger partial charge in [0, 0.05) is 12.1 Å². The summed E-state index contributed by atoms with van der Waals surface area (Å²) in [5, 5.41) is 7.76. The van der Waals surface area contributed by atoms with Crippen molar-refractivity contribution >= 4 is 21.6 Å². The molecule has 0 bridgehead atoms. The normalized spacial score (nSPS) is 11.1. The molecular formula is C18H22N2O4S. The van der Waals surface area contributed by atoms with E-state index in [4.69, 9.17) is 9.88 Å². The van der Waals surface area contributed by atoms with E-state index in [1.54, 1.807) is 24.3 Å². The van der Waals surface area contributed by atoms with E-state index in [-0.39, 0.29) is 11.7 Å². The number of nitrogens with one attached hydrogen (secondary N) is 1. The van der Waals surface area contributed by atoms with Crippen molar-refractivity contribution in [2.45, 2.75) is 25.5 Å². The van der Waals surface area contributed by atoms with E-state index in [2.05, 4.69) is 5.32 Å². The molecule has 0 aliphatic heterocycles. The second-order valence-electron chi connectivity index (χ2n) is 5.77. The molecular weight excluding hydrogens is 340 g/mol. The third kappa shape index (κ3) is 6.94. The van der Waals surface area contributed by atoms with Gasteiger partial charge in [0.1, 0.15) is 5.75 Å². The highest BCUT2D eigenvalue weighted by Crippen LogP contribution is 2.16. The van der Waals surface area contributed by atoms with Gasteiger partial charge in [-0.05, 0) is 42.7 Å². The number of carbonyl (C=O) groups excluding carboxylic acids is 1. The van der Waals surface area contributed by atoms with Crippen LogP contribution in [-0.4, -0.2) is 20.9 Å². The summed E-state index contributed by atoms with van der Waals surface area (Å²) in [5.41, 5.74) is 2.25. The Kier molecular flexibility index (Phi) is 6.55. The van der Waals surface area contributed by atoms with Crippen molar-refractivity contribution < 1.29 is 17.9 Å². The van der Waals surface area contributed by atoms with Crippen LogP contribution in [0, 0.1) is 6.92 Å². The molecule has 0 saturated carbocycles. The Labute approximate surface area is 148 Å². The molecule has 0 aromatic heterocycles. The lowest BCUT2D eigenvalue weighted by atomic mass is 10.2. The van der Waals surface area contributed by atoms with Crippen LogP contribution in [0.2, 0.25) is 0 Å². The lowest BCUT2D eigenvalue weighted by Gasteiger charge is -2.09. The Bertz CT molecular complexity index is 817. The van der Waals surface area contributed by atoms with Gasteiger partial charge in [-0.1, -0.05) is 30.3 Å². The summed E-state index contributed by atoms with van der Waals surface area (Å²) in [6, 6.07) is 14.3. The molecule has 0 aliphatic rings. The summed E-state index contributed by atoms with van der Waals surface area (Å²) in [6.45, 7) is 2.44. The summed E-state index contributed by atoms with van der Waals surface area (Å²) in [6.07, 6.45) is 0.939. The molecule has 1 amide bonds. The van der Waals surface area contributed by atoms with Crippen molar-refractivity contribution in [1.29, 1.82) is 0 Å². The maximum absolute atomic E-state index is 11.9.